The lowest BCUT2D eigenvalue weighted by Gasteiger charge is -2.08. The van der Waals surface area contributed by atoms with Crippen molar-refractivity contribution in [1.29, 1.82) is 5.26 Å². The van der Waals surface area contributed by atoms with Gasteiger partial charge < -0.3 is 10.1 Å². The van der Waals surface area contributed by atoms with Crippen molar-refractivity contribution in [3.8, 4) is 11.8 Å². The van der Waals surface area contributed by atoms with Crippen LogP contribution in [0.15, 0.2) is 42.6 Å². The number of ether oxygens (including phenoxy) is 1. The minimum absolute atomic E-state index is 0.406. The Kier molecular flexibility index (Phi) is 4.60. The van der Waals surface area contributed by atoms with Crippen LogP contribution < -0.4 is 10.1 Å². The Balaban J connectivity index is 1.74. The number of halogens is 1. The number of nitrogens with zero attached hydrogens (tertiary/aromatic N) is 2. The molecular weight excluding hydrogens is 262 g/mol. The van der Waals surface area contributed by atoms with Crippen molar-refractivity contribution in [2.75, 3.05) is 18.5 Å². The molecule has 2 aromatic rings. The maximum atomic E-state index is 8.63. The zero-order valence-corrected chi connectivity index (χ0v) is 10.9. The fourth-order valence-electron chi connectivity index (χ4n) is 1.46. The summed E-state index contributed by atoms with van der Waals surface area (Å²) in [6, 6.07) is 12.7. The van der Waals surface area contributed by atoms with Crippen LogP contribution in [0, 0.1) is 11.3 Å². The van der Waals surface area contributed by atoms with Crippen molar-refractivity contribution in [1.82, 2.24) is 4.98 Å². The average molecular weight is 274 g/mol. The Hall–Kier alpha value is -2.25. The van der Waals surface area contributed by atoms with Crippen LogP contribution in [0.2, 0.25) is 5.02 Å². The van der Waals surface area contributed by atoms with Gasteiger partial charge in [-0.1, -0.05) is 11.6 Å². The Morgan fingerprint density at radius 1 is 1.21 bits per heavy atom. The fourth-order valence-corrected chi connectivity index (χ4v) is 1.59. The topological polar surface area (TPSA) is 57.9 Å². The second-order valence-electron chi connectivity index (χ2n) is 3.77. The van der Waals surface area contributed by atoms with Crippen LogP contribution in [-0.2, 0) is 0 Å². The van der Waals surface area contributed by atoms with Gasteiger partial charge in [0.1, 0.15) is 24.1 Å². The third kappa shape index (κ3) is 4.16. The average Bonchev–Trinajstić information content (AvgIpc) is 2.46. The highest BCUT2D eigenvalue weighted by Crippen LogP contribution is 2.15. The molecule has 0 saturated heterocycles. The Bertz CT molecular complexity index is 561. The van der Waals surface area contributed by atoms with Crippen LogP contribution in [0.5, 0.6) is 5.75 Å². The van der Waals surface area contributed by atoms with Crippen LogP contribution in [0.4, 0.5) is 5.69 Å². The lowest BCUT2D eigenvalue weighted by molar-refractivity contribution is 0.333. The maximum Gasteiger partial charge on any atom is 0.140 e. The predicted molar refractivity (Wildman–Crippen MR) is 74.4 cm³/mol. The van der Waals surface area contributed by atoms with Gasteiger partial charge in [-0.3, -0.25) is 0 Å². The molecule has 2 rings (SSSR count). The number of benzene rings is 1. The molecular formula is C14H12ClN3O. The SMILES string of the molecule is N#Cc1ccc(NCCOc2ccc(Cl)cc2)cn1. The first kappa shape index (κ1) is 13.2. The minimum atomic E-state index is 0.406. The Morgan fingerprint density at radius 2 is 2.00 bits per heavy atom. The van der Waals surface area contributed by atoms with Crippen molar-refractivity contribution in [2.24, 2.45) is 0 Å². The van der Waals surface area contributed by atoms with Crippen molar-refractivity contribution >= 4 is 17.3 Å². The van der Waals surface area contributed by atoms with Crippen LogP contribution in [-0.4, -0.2) is 18.1 Å². The second-order valence-corrected chi connectivity index (χ2v) is 4.21. The molecule has 0 aliphatic heterocycles. The molecule has 0 unspecified atom stereocenters. The summed E-state index contributed by atoms with van der Waals surface area (Å²) in [5, 5.41) is 12.5. The molecule has 0 radical (unpaired) electrons. The van der Waals surface area contributed by atoms with E-state index in [0.29, 0.717) is 23.9 Å². The summed E-state index contributed by atoms with van der Waals surface area (Å²) in [5.41, 5.74) is 1.27. The van der Waals surface area contributed by atoms with Crippen LogP contribution in [0.3, 0.4) is 0 Å². The van der Waals surface area contributed by atoms with Gasteiger partial charge in [0.05, 0.1) is 11.9 Å². The van der Waals surface area contributed by atoms with E-state index in [1.807, 2.05) is 24.3 Å². The summed E-state index contributed by atoms with van der Waals surface area (Å²) >= 11 is 5.78. The lowest BCUT2D eigenvalue weighted by Crippen LogP contribution is -2.11. The molecule has 0 bridgehead atoms. The number of hydrogen-bond acceptors (Lipinski definition) is 4. The van der Waals surface area contributed by atoms with Gasteiger partial charge in [0.2, 0.25) is 0 Å². The fraction of sp³-hybridized carbons (Fsp3) is 0.143. The van der Waals surface area contributed by atoms with E-state index in [9.17, 15) is 0 Å². The number of nitriles is 1. The quantitative estimate of drug-likeness (QED) is 0.851. The van der Waals surface area contributed by atoms with Gasteiger partial charge in [-0.15, -0.1) is 0 Å². The van der Waals surface area contributed by atoms with Crippen molar-refractivity contribution < 1.29 is 4.74 Å². The molecule has 0 fully saturated rings. The van der Waals surface area contributed by atoms with Gasteiger partial charge in [-0.25, -0.2) is 4.98 Å². The molecule has 0 spiro atoms. The zero-order chi connectivity index (χ0) is 13.5. The van der Waals surface area contributed by atoms with Gasteiger partial charge in [0.25, 0.3) is 0 Å². The number of hydrogen-bond donors (Lipinski definition) is 1. The molecule has 1 N–H and O–H groups in total. The first-order chi connectivity index (χ1) is 9.28. The van der Waals surface area contributed by atoms with E-state index >= 15 is 0 Å². The summed E-state index contributed by atoms with van der Waals surface area (Å²) < 4.78 is 5.53. The van der Waals surface area contributed by atoms with E-state index < -0.39 is 0 Å². The highest BCUT2D eigenvalue weighted by atomic mass is 35.5. The summed E-state index contributed by atoms with van der Waals surface area (Å²) in [5.74, 6) is 0.782. The summed E-state index contributed by atoms with van der Waals surface area (Å²) in [6.07, 6.45) is 1.63. The molecule has 5 heteroatoms. The molecule has 0 saturated carbocycles. The van der Waals surface area contributed by atoms with Crippen LogP contribution in [0.1, 0.15) is 5.69 Å². The summed E-state index contributed by atoms with van der Waals surface area (Å²) in [6.45, 7) is 1.18. The normalized spacial score (nSPS) is 9.68. The molecule has 0 atom stereocenters. The van der Waals surface area contributed by atoms with Gasteiger partial charge in [-0.05, 0) is 36.4 Å². The standard InChI is InChI=1S/C14H12ClN3O/c15-11-1-5-14(6-2-11)19-8-7-17-13-4-3-12(9-16)18-10-13/h1-6,10,17H,7-8H2. The number of rotatable bonds is 5. The van der Waals surface area contributed by atoms with Gasteiger partial charge in [-0.2, -0.15) is 5.26 Å². The lowest BCUT2D eigenvalue weighted by atomic mass is 10.3. The van der Waals surface area contributed by atoms with Crippen molar-refractivity contribution in [2.45, 2.75) is 0 Å². The summed E-state index contributed by atoms with van der Waals surface area (Å²) in [7, 11) is 0. The monoisotopic (exact) mass is 273 g/mol. The largest absolute Gasteiger partial charge is 0.492 e. The van der Waals surface area contributed by atoms with E-state index in [4.69, 9.17) is 21.6 Å². The van der Waals surface area contributed by atoms with Gasteiger partial charge in [0.15, 0.2) is 0 Å². The Morgan fingerprint density at radius 3 is 2.63 bits per heavy atom. The first-order valence-electron chi connectivity index (χ1n) is 5.76. The van der Waals surface area contributed by atoms with Crippen LogP contribution in [0.25, 0.3) is 0 Å². The van der Waals surface area contributed by atoms with E-state index in [1.165, 1.54) is 0 Å². The van der Waals surface area contributed by atoms with E-state index in [1.54, 1.807) is 24.4 Å². The number of aromatic nitrogens is 1. The van der Waals surface area contributed by atoms with Gasteiger partial charge >= 0.3 is 0 Å². The van der Waals surface area contributed by atoms with E-state index in [-0.39, 0.29) is 0 Å². The van der Waals surface area contributed by atoms with Gasteiger partial charge in [0, 0.05) is 11.6 Å². The third-order valence-corrected chi connectivity index (χ3v) is 2.64. The molecule has 1 aromatic heterocycles. The summed E-state index contributed by atoms with van der Waals surface area (Å²) in [4.78, 5) is 3.96. The van der Waals surface area contributed by atoms with Crippen LogP contribution >= 0.6 is 11.6 Å². The molecule has 4 nitrogen and oxygen atoms in total. The smallest absolute Gasteiger partial charge is 0.140 e. The predicted octanol–water partition coefficient (Wildman–Crippen LogP) is 3.10. The zero-order valence-electron chi connectivity index (χ0n) is 10.1. The highest BCUT2D eigenvalue weighted by Gasteiger charge is 1.96. The van der Waals surface area contributed by atoms with Crippen molar-refractivity contribution in [3.05, 3.63) is 53.3 Å². The second kappa shape index (κ2) is 6.62. The molecule has 1 heterocycles. The molecule has 1 aromatic carbocycles. The van der Waals surface area contributed by atoms with E-state index in [2.05, 4.69) is 10.3 Å². The third-order valence-electron chi connectivity index (χ3n) is 2.39. The van der Waals surface area contributed by atoms with E-state index in [0.717, 1.165) is 11.4 Å². The van der Waals surface area contributed by atoms with Crippen molar-refractivity contribution in [3.63, 3.8) is 0 Å². The first-order valence-corrected chi connectivity index (χ1v) is 6.14. The minimum Gasteiger partial charge on any atom is -0.492 e. The number of pyridine rings is 1. The molecule has 0 aliphatic carbocycles. The number of anilines is 1. The molecule has 0 amide bonds. The molecule has 0 aliphatic rings. The molecule has 19 heavy (non-hydrogen) atoms. The molecule has 96 valence electrons. The Labute approximate surface area is 116 Å². The highest BCUT2D eigenvalue weighted by molar-refractivity contribution is 6.30. The number of nitrogens with one attached hydrogen (secondary N) is 1. The maximum absolute atomic E-state index is 8.63.